The standard InChI is InChI=1S/C13H11N3/c1-2-5-11-10(4-1)8-14-9-13(16-11)12-6-3-7-15-12/h1-9,15-16H. The first-order valence-corrected chi connectivity index (χ1v) is 5.17. The number of aliphatic imine (C=N–C) groups is 1. The second kappa shape index (κ2) is 3.70. The van der Waals surface area contributed by atoms with Gasteiger partial charge >= 0.3 is 0 Å². The van der Waals surface area contributed by atoms with Gasteiger partial charge < -0.3 is 10.3 Å². The molecule has 16 heavy (non-hydrogen) atoms. The van der Waals surface area contributed by atoms with Gasteiger partial charge in [0.25, 0.3) is 0 Å². The van der Waals surface area contributed by atoms with Crippen LogP contribution in [0.4, 0.5) is 5.69 Å². The van der Waals surface area contributed by atoms with E-state index in [0.717, 1.165) is 22.6 Å². The minimum Gasteiger partial charge on any atom is -0.360 e. The summed E-state index contributed by atoms with van der Waals surface area (Å²) in [6.45, 7) is 0. The van der Waals surface area contributed by atoms with Crippen molar-refractivity contribution in [3.05, 3.63) is 60.1 Å². The highest BCUT2D eigenvalue weighted by Crippen LogP contribution is 2.22. The lowest BCUT2D eigenvalue weighted by Gasteiger charge is -2.09. The van der Waals surface area contributed by atoms with E-state index in [4.69, 9.17) is 0 Å². The Bertz CT molecular complexity index is 550. The van der Waals surface area contributed by atoms with Crippen molar-refractivity contribution in [1.29, 1.82) is 0 Å². The fourth-order valence-electron chi connectivity index (χ4n) is 1.73. The number of nitrogens with one attached hydrogen (secondary N) is 2. The zero-order valence-corrected chi connectivity index (χ0v) is 8.64. The lowest BCUT2D eigenvalue weighted by molar-refractivity contribution is 1.33. The van der Waals surface area contributed by atoms with Crippen LogP contribution < -0.4 is 5.32 Å². The van der Waals surface area contributed by atoms with Gasteiger partial charge in [-0.05, 0) is 18.2 Å². The largest absolute Gasteiger partial charge is 0.360 e. The molecule has 1 aliphatic rings. The predicted molar refractivity (Wildman–Crippen MR) is 66.4 cm³/mol. The van der Waals surface area contributed by atoms with Crippen LogP contribution in [0.5, 0.6) is 0 Å². The maximum atomic E-state index is 4.28. The first-order valence-electron chi connectivity index (χ1n) is 5.17. The van der Waals surface area contributed by atoms with E-state index in [1.807, 2.05) is 55.0 Å². The van der Waals surface area contributed by atoms with Gasteiger partial charge in [-0.2, -0.15) is 0 Å². The summed E-state index contributed by atoms with van der Waals surface area (Å²) in [5.41, 5.74) is 4.19. The smallest absolute Gasteiger partial charge is 0.0809 e. The second-order valence-electron chi connectivity index (χ2n) is 3.62. The molecule has 0 atom stereocenters. The van der Waals surface area contributed by atoms with E-state index in [9.17, 15) is 0 Å². The quantitative estimate of drug-likeness (QED) is 0.744. The normalized spacial score (nSPS) is 13.6. The third kappa shape index (κ3) is 1.52. The zero-order chi connectivity index (χ0) is 10.8. The van der Waals surface area contributed by atoms with E-state index < -0.39 is 0 Å². The van der Waals surface area contributed by atoms with Gasteiger partial charge in [-0.1, -0.05) is 18.2 Å². The van der Waals surface area contributed by atoms with E-state index in [-0.39, 0.29) is 0 Å². The van der Waals surface area contributed by atoms with Crippen molar-refractivity contribution < 1.29 is 0 Å². The highest BCUT2D eigenvalue weighted by molar-refractivity contribution is 5.93. The van der Waals surface area contributed by atoms with Crippen LogP contribution in [-0.4, -0.2) is 11.2 Å². The topological polar surface area (TPSA) is 40.2 Å². The van der Waals surface area contributed by atoms with Gasteiger partial charge in [-0.3, -0.25) is 4.99 Å². The SMILES string of the molecule is C1=NC=C(c2ccc[nH]2)Nc2ccccc21. The van der Waals surface area contributed by atoms with Crippen molar-refractivity contribution in [2.45, 2.75) is 0 Å². The van der Waals surface area contributed by atoms with Crippen LogP contribution in [0.3, 0.4) is 0 Å². The minimum absolute atomic E-state index is 0.978. The summed E-state index contributed by atoms with van der Waals surface area (Å²) in [5, 5.41) is 3.37. The summed E-state index contributed by atoms with van der Waals surface area (Å²) in [5.74, 6) is 0. The molecular formula is C13H11N3. The first kappa shape index (κ1) is 8.97. The van der Waals surface area contributed by atoms with Gasteiger partial charge in [0.15, 0.2) is 0 Å². The Balaban J connectivity index is 2.03. The molecule has 0 fully saturated rings. The summed E-state index contributed by atoms with van der Waals surface area (Å²) in [7, 11) is 0. The summed E-state index contributed by atoms with van der Waals surface area (Å²) < 4.78 is 0. The van der Waals surface area contributed by atoms with Gasteiger partial charge in [0, 0.05) is 23.7 Å². The van der Waals surface area contributed by atoms with Crippen LogP contribution in [-0.2, 0) is 0 Å². The van der Waals surface area contributed by atoms with E-state index >= 15 is 0 Å². The number of para-hydroxylation sites is 1. The third-order valence-electron chi connectivity index (χ3n) is 2.54. The Labute approximate surface area is 93.5 Å². The molecule has 78 valence electrons. The van der Waals surface area contributed by atoms with Gasteiger partial charge in [0.1, 0.15) is 0 Å². The number of benzene rings is 1. The molecule has 0 aliphatic carbocycles. The Hall–Kier alpha value is -2.29. The Morgan fingerprint density at radius 2 is 1.94 bits per heavy atom. The molecular weight excluding hydrogens is 198 g/mol. The van der Waals surface area contributed by atoms with E-state index in [0.29, 0.717) is 0 Å². The molecule has 3 nitrogen and oxygen atoms in total. The Kier molecular flexibility index (Phi) is 2.07. The fourth-order valence-corrected chi connectivity index (χ4v) is 1.73. The highest BCUT2D eigenvalue weighted by Gasteiger charge is 2.07. The molecule has 2 heterocycles. The van der Waals surface area contributed by atoms with Gasteiger partial charge in [0.2, 0.25) is 0 Å². The average molecular weight is 209 g/mol. The van der Waals surface area contributed by atoms with Crippen LogP contribution in [0.25, 0.3) is 5.70 Å². The molecule has 0 spiro atoms. The van der Waals surface area contributed by atoms with Crippen LogP contribution in [0.15, 0.2) is 53.8 Å². The van der Waals surface area contributed by atoms with Crippen LogP contribution in [0.2, 0.25) is 0 Å². The predicted octanol–water partition coefficient (Wildman–Crippen LogP) is 2.86. The van der Waals surface area contributed by atoms with Crippen LogP contribution >= 0.6 is 0 Å². The number of aromatic nitrogens is 1. The number of fused-ring (bicyclic) bond motifs is 1. The van der Waals surface area contributed by atoms with E-state index in [1.165, 1.54) is 0 Å². The fraction of sp³-hybridized carbons (Fsp3) is 0. The number of nitrogens with zero attached hydrogens (tertiary/aromatic N) is 1. The number of anilines is 1. The Morgan fingerprint density at radius 3 is 2.81 bits per heavy atom. The molecule has 1 aromatic heterocycles. The maximum absolute atomic E-state index is 4.28. The summed E-state index contributed by atoms with van der Waals surface area (Å²) in [6, 6.07) is 12.1. The lowest BCUT2D eigenvalue weighted by atomic mass is 10.2. The van der Waals surface area contributed by atoms with Crippen LogP contribution in [0.1, 0.15) is 11.3 Å². The monoisotopic (exact) mass is 209 g/mol. The van der Waals surface area contributed by atoms with Crippen molar-refractivity contribution in [3.8, 4) is 0 Å². The highest BCUT2D eigenvalue weighted by atomic mass is 15.0. The molecule has 1 aromatic carbocycles. The maximum Gasteiger partial charge on any atom is 0.0809 e. The van der Waals surface area contributed by atoms with Crippen molar-refractivity contribution in [1.82, 2.24) is 4.98 Å². The molecule has 0 radical (unpaired) electrons. The van der Waals surface area contributed by atoms with Gasteiger partial charge in [0.05, 0.1) is 17.6 Å². The molecule has 0 unspecified atom stereocenters. The molecule has 0 saturated heterocycles. The van der Waals surface area contributed by atoms with Gasteiger partial charge in [-0.25, -0.2) is 0 Å². The minimum atomic E-state index is 0.978. The molecule has 3 rings (SSSR count). The molecule has 1 aliphatic heterocycles. The summed E-state index contributed by atoms with van der Waals surface area (Å²) in [4.78, 5) is 7.44. The Morgan fingerprint density at radius 1 is 1.00 bits per heavy atom. The van der Waals surface area contributed by atoms with Crippen LogP contribution in [0, 0.1) is 0 Å². The zero-order valence-electron chi connectivity index (χ0n) is 8.64. The van der Waals surface area contributed by atoms with Crippen molar-refractivity contribution >= 4 is 17.6 Å². The van der Waals surface area contributed by atoms with Crippen molar-refractivity contribution in [2.24, 2.45) is 4.99 Å². The number of H-pyrrole nitrogens is 1. The van der Waals surface area contributed by atoms with Crippen molar-refractivity contribution in [2.75, 3.05) is 5.32 Å². The van der Waals surface area contributed by atoms with E-state index in [1.54, 1.807) is 0 Å². The summed E-state index contributed by atoms with van der Waals surface area (Å²) >= 11 is 0. The molecule has 0 amide bonds. The average Bonchev–Trinajstić information content (AvgIpc) is 2.75. The summed E-state index contributed by atoms with van der Waals surface area (Å²) in [6.07, 6.45) is 5.59. The van der Waals surface area contributed by atoms with Gasteiger partial charge in [-0.15, -0.1) is 0 Å². The number of rotatable bonds is 1. The molecule has 0 saturated carbocycles. The van der Waals surface area contributed by atoms with E-state index in [2.05, 4.69) is 15.3 Å². The molecule has 0 bridgehead atoms. The number of hydrogen-bond donors (Lipinski definition) is 2. The molecule has 2 N–H and O–H groups in total. The lowest BCUT2D eigenvalue weighted by Crippen LogP contribution is -1.99. The first-order chi connectivity index (χ1) is 7.93. The number of hydrogen-bond acceptors (Lipinski definition) is 2. The third-order valence-corrected chi connectivity index (χ3v) is 2.54. The van der Waals surface area contributed by atoms with Crippen molar-refractivity contribution in [3.63, 3.8) is 0 Å². The second-order valence-corrected chi connectivity index (χ2v) is 3.62. The number of aromatic amines is 1. The molecule has 3 heteroatoms. The molecule has 2 aromatic rings.